The van der Waals surface area contributed by atoms with Crippen LogP contribution in [0.2, 0.25) is 0 Å². The Kier molecular flexibility index (Phi) is 6.21. The van der Waals surface area contributed by atoms with E-state index >= 15 is 0 Å². The summed E-state index contributed by atoms with van der Waals surface area (Å²) >= 11 is 0. The number of hydrogen-bond donors (Lipinski definition) is 2. The van der Waals surface area contributed by atoms with Crippen LogP contribution in [0.1, 0.15) is 46.6 Å². The first-order valence-electron chi connectivity index (χ1n) is 7.53. The molecule has 0 radical (unpaired) electrons. The number of amides is 1. The van der Waals surface area contributed by atoms with Gasteiger partial charge in [-0.15, -0.1) is 0 Å². The molecule has 0 saturated heterocycles. The van der Waals surface area contributed by atoms with Crippen LogP contribution in [0.15, 0.2) is 18.2 Å². The van der Waals surface area contributed by atoms with E-state index in [0.717, 1.165) is 17.0 Å². The van der Waals surface area contributed by atoms with Gasteiger partial charge in [0.2, 0.25) is 5.91 Å². The Balaban J connectivity index is 2.72. The van der Waals surface area contributed by atoms with E-state index in [-0.39, 0.29) is 11.3 Å². The van der Waals surface area contributed by atoms with Gasteiger partial charge in [-0.1, -0.05) is 27.7 Å². The molecule has 4 heteroatoms. The van der Waals surface area contributed by atoms with Crippen LogP contribution in [-0.2, 0) is 11.3 Å². The van der Waals surface area contributed by atoms with Crippen LogP contribution in [0.3, 0.4) is 0 Å². The molecule has 0 aliphatic rings. The largest absolute Gasteiger partial charge is 0.494 e. The zero-order chi connectivity index (χ0) is 16.0. The molecule has 1 aromatic rings. The Morgan fingerprint density at radius 2 is 2.05 bits per heavy atom. The van der Waals surface area contributed by atoms with E-state index in [2.05, 4.69) is 33.0 Å². The van der Waals surface area contributed by atoms with Crippen LogP contribution in [-0.4, -0.2) is 12.5 Å². The van der Waals surface area contributed by atoms with Crippen LogP contribution in [0.4, 0.5) is 5.69 Å². The second kappa shape index (κ2) is 7.46. The first kappa shape index (κ1) is 17.5. The Bertz CT molecular complexity index is 478. The Hall–Kier alpha value is -1.55. The maximum Gasteiger partial charge on any atom is 0.224 e. The van der Waals surface area contributed by atoms with Gasteiger partial charge in [0.15, 0.2) is 0 Å². The quantitative estimate of drug-likeness (QED) is 0.842. The molecule has 0 aliphatic carbocycles. The van der Waals surface area contributed by atoms with Gasteiger partial charge in [0, 0.05) is 24.2 Å². The molecular weight excluding hydrogens is 264 g/mol. The van der Waals surface area contributed by atoms with Gasteiger partial charge in [-0.25, -0.2) is 0 Å². The van der Waals surface area contributed by atoms with Crippen molar-refractivity contribution in [3.8, 4) is 5.75 Å². The van der Waals surface area contributed by atoms with Gasteiger partial charge < -0.3 is 15.8 Å². The third-order valence-corrected chi connectivity index (χ3v) is 3.83. The highest BCUT2D eigenvalue weighted by Crippen LogP contribution is 2.28. The molecule has 0 spiro atoms. The fourth-order valence-electron chi connectivity index (χ4n) is 1.91. The topological polar surface area (TPSA) is 64.3 Å². The second-order valence-electron chi connectivity index (χ2n) is 6.48. The van der Waals surface area contributed by atoms with Gasteiger partial charge in [-0.05, 0) is 36.5 Å². The molecule has 118 valence electrons. The number of hydrogen-bond acceptors (Lipinski definition) is 3. The molecule has 4 nitrogen and oxygen atoms in total. The minimum atomic E-state index is 0.0320. The highest BCUT2D eigenvalue weighted by molar-refractivity contribution is 5.91. The monoisotopic (exact) mass is 292 g/mol. The van der Waals surface area contributed by atoms with Crippen LogP contribution >= 0.6 is 0 Å². The number of carbonyl (C=O) groups is 1. The molecule has 1 rings (SSSR count). The summed E-state index contributed by atoms with van der Waals surface area (Å²) < 4.78 is 5.50. The molecule has 0 aromatic heterocycles. The molecule has 1 atom stereocenters. The highest BCUT2D eigenvalue weighted by Gasteiger charge is 2.22. The lowest BCUT2D eigenvalue weighted by atomic mass is 9.80. The standard InChI is InChI=1S/C17H28N2O2/c1-6-21-15-8-7-14(10-13(15)11-18)19-16(20)9-12(2)17(3,4)5/h7-8,10,12H,6,9,11,18H2,1-5H3,(H,19,20). The summed E-state index contributed by atoms with van der Waals surface area (Å²) in [6, 6.07) is 5.59. The third kappa shape index (κ3) is 5.38. The van der Waals surface area contributed by atoms with Crippen molar-refractivity contribution < 1.29 is 9.53 Å². The van der Waals surface area contributed by atoms with Gasteiger partial charge in [0.05, 0.1) is 6.61 Å². The van der Waals surface area contributed by atoms with E-state index in [1.54, 1.807) is 0 Å². The lowest BCUT2D eigenvalue weighted by Gasteiger charge is -2.26. The van der Waals surface area contributed by atoms with E-state index in [1.165, 1.54) is 0 Å². The Morgan fingerprint density at radius 1 is 1.38 bits per heavy atom. The number of benzene rings is 1. The van der Waals surface area contributed by atoms with Gasteiger partial charge in [0.1, 0.15) is 5.75 Å². The van der Waals surface area contributed by atoms with Gasteiger partial charge in [-0.3, -0.25) is 4.79 Å². The fraction of sp³-hybridized carbons (Fsp3) is 0.588. The molecule has 21 heavy (non-hydrogen) atoms. The maximum atomic E-state index is 12.1. The predicted molar refractivity (Wildman–Crippen MR) is 87.4 cm³/mol. The number of rotatable bonds is 6. The lowest BCUT2D eigenvalue weighted by Crippen LogP contribution is -2.24. The predicted octanol–water partition coefficient (Wildman–Crippen LogP) is 3.55. The molecule has 1 unspecified atom stereocenters. The van der Waals surface area contributed by atoms with E-state index in [9.17, 15) is 4.79 Å². The van der Waals surface area contributed by atoms with Crippen molar-refractivity contribution in [2.24, 2.45) is 17.1 Å². The Labute approximate surface area is 128 Å². The Morgan fingerprint density at radius 3 is 2.57 bits per heavy atom. The van der Waals surface area contributed by atoms with E-state index in [4.69, 9.17) is 10.5 Å². The summed E-state index contributed by atoms with van der Waals surface area (Å²) in [5, 5.41) is 2.94. The first-order chi connectivity index (χ1) is 9.77. The van der Waals surface area contributed by atoms with E-state index < -0.39 is 0 Å². The number of nitrogens with two attached hydrogens (primary N) is 1. The van der Waals surface area contributed by atoms with Gasteiger partial charge >= 0.3 is 0 Å². The third-order valence-electron chi connectivity index (χ3n) is 3.83. The molecule has 1 amide bonds. The summed E-state index contributed by atoms with van der Waals surface area (Å²) in [4.78, 5) is 12.1. The maximum absolute atomic E-state index is 12.1. The number of anilines is 1. The van der Waals surface area contributed by atoms with Crippen molar-refractivity contribution in [2.45, 2.75) is 47.6 Å². The van der Waals surface area contributed by atoms with Crippen LogP contribution in [0.5, 0.6) is 5.75 Å². The van der Waals surface area contributed by atoms with Gasteiger partial charge in [0.25, 0.3) is 0 Å². The molecule has 0 fully saturated rings. The molecule has 1 aromatic carbocycles. The fourth-order valence-corrected chi connectivity index (χ4v) is 1.91. The van der Waals surface area contributed by atoms with Crippen molar-refractivity contribution in [2.75, 3.05) is 11.9 Å². The lowest BCUT2D eigenvalue weighted by molar-refractivity contribution is -0.117. The van der Waals surface area contributed by atoms with E-state index in [1.807, 2.05) is 25.1 Å². The van der Waals surface area contributed by atoms with Crippen molar-refractivity contribution in [1.29, 1.82) is 0 Å². The summed E-state index contributed by atoms with van der Waals surface area (Å²) in [6.45, 7) is 11.5. The van der Waals surface area contributed by atoms with Crippen LogP contribution in [0, 0.1) is 11.3 Å². The average Bonchev–Trinajstić information content (AvgIpc) is 2.39. The smallest absolute Gasteiger partial charge is 0.224 e. The number of carbonyl (C=O) groups excluding carboxylic acids is 1. The minimum absolute atomic E-state index is 0.0320. The average molecular weight is 292 g/mol. The van der Waals surface area contributed by atoms with Crippen LogP contribution < -0.4 is 15.8 Å². The molecule has 0 heterocycles. The SMILES string of the molecule is CCOc1ccc(NC(=O)CC(C)C(C)(C)C)cc1CN. The van der Waals surface area contributed by atoms with Gasteiger partial charge in [-0.2, -0.15) is 0 Å². The normalized spacial score (nSPS) is 12.9. The second-order valence-corrected chi connectivity index (χ2v) is 6.48. The summed E-state index contributed by atoms with van der Waals surface area (Å²) in [5.41, 5.74) is 7.52. The van der Waals surface area contributed by atoms with Crippen molar-refractivity contribution in [3.05, 3.63) is 23.8 Å². The molecule has 0 bridgehead atoms. The molecule has 0 aliphatic heterocycles. The number of ether oxygens (including phenoxy) is 1. The summed E-state index contributed by atoms with van der Waals surface area (Å²) in [6.07, 6.45) is 0.509. The minimum Gasteiger partial charge on any atom is -0.494 e. The molecule has 0 saturated carbocycles. The van der Waals surface area contributed by atoms with Crippen LogP contribution in [0.25, 0.3) is 0 Å². The summed E-state index contributed by atoms with van der Waals surface area (Å²) in [7, 11) is 0. The highest BCUT2D eigenvalue weighted by atomic mass is 16.5. The zero-order valence-electron chi connectivity index (χ0n) is 13.8. The van der Waals surface area contributed by atoms with E-state index in [0.29, 0.717) is 25.5 Å². The van der Waals surface area contributed by atoms with Crippen molar-refractivity contribution in [3.63, 3.8) is 0 Å². The number of nitrogens with one attached hydrogen (secondary N) is 1. The molecule has 3 N–H and O–H groups in total. The van der Waals surface area contributed by atoms with Crippen molar-refractivity contribution >= 4 is 11.6 Å². The first-order valence-corrected chi connectivity index (χ1v) is 7.53. The molecular formula is C17H28N2O2. The zero-order valence-corrected chi connectivity index (χ0v) is 13.8. The van der Waals surface area contributed by atoms with Crippen molar-refractivity contribution in [1.82, 2.24) is 0 Å². The summed E-state index contributed by atoms with van der Waals surface area (Å²) in [5.74, 6) is 1.12.